The molecule has 5 rings (SSSR count). The Morgan fingerprint density at radius 2 is 1.24 bits per heavy atom. The zero-order valence-corrected chi connectivity index (χ0v) is 23.5. The summed E-state index contributed by atoms with van der Waals surface area (Å²) in [6.45, 7) is 4.19. The van der Waals surface area contributed by atoms with Crippen LogP contribution in [0.5, 0.6) is 0 Å². The maximum atomic E-state index is 6.13. The van der Waals surface area contributed by atoms with Crippen molar-refractivity contribution in [2.75, 3.05) is 0 Å². The number of hydrogen-bond acceptors (Lipinski definition) is 3. The summed E-state index contributed by atoms with van der Waals surface area (Å²) in [6.07, 6.45) is 2.11. The van der Waals surface area contributed by atoms with E-state index >= 15 is 0 Å². The Bertz CT molecular complexity index is 1520. The van der Waals surface area contributed by atoms with Crippen LogP contribution in [0.15, 0.2) is 123 Å². The second-order valence-corrected chi connectivity index (χ2v) is 11.6. The summed E-state index contributed by atoms with van der Waals surface area (Å²) in [5.41, 5.74) is 6.54. The van der Waals surface area contributed by atoms with E-state index < -0.39 is 0 Å². The van der Waals surface area contributed by atoms with Gasteiger partial charge in [-0.1, -0.05) is 106 Å². The smallest absolute Gasteiger partial charge is 0.107 e. The van der Waals surface area contributed by atoms with Gasteiger partial charge < -0.3 is 0 Å². The SMILES string of the molecule is Cc1ccc(/C(=C\Sc2ccc(Cl)cc2)n2cc(Sc3ccc(Cl)cc3)c(-c3ccc(C)cc3)n2)cc1. The van der Waals surface area contributed by atoms with Gasteiger partial charge in [-0.05, 0) is 62.4 Å². The molecule has 2 nitrogen and oxygen atoms in total. The molecule has 0 aliphatic carbocycles. The summed E-state index contributed by atoms with van der Waals surface area (Å²) in [7, 11) is 0. The van der Waals surface area contributed by atoms with Crippen LogP contribution in [-0.2, 0) is 0 Å². The molecule has 0 radical (unpaired) electrons. The Labute approximate surface area is 236 Å². The molecular formula is C31H24Cl2N2S2. The number of halogens is 2. The maximum Gasteiger partial charge on any atom is 0.107 e. The third-order valence-electron chi connectivity index (χ3n) is 5.76. The standard InChI is InChI=1S/C31H24Cl2N2S2/c1-21-3-7-23(8-4-21)29(20-36-27-15-11-25(32)12-16-27)35-19-30(37-28-17-13-26(33)14-18-28)31(34-35)24-9-5-22(2)6-10-24/h3-20H,1-2H3/b29-20+. The zero-order chi connectivity index (χ0) is 25.8. The molecule has 184 valence electrons. The number of aryl methyl sites for hydroxylation is 2. The van der Waals surface area contributed by atoms with Gasteiger partial charge in [0.05, 0.1) is 10.6 Å². The number of rotatable bonds is 7. The van der Waals surface area contributed by atoms with Crippen LogP contribution >= 0.6 is 46.7 Å². The predicted molar refractivity (Wildman–Crippen MR) is 160 cm³/mol. The van der Waals surface area contributed by atoms with Gasteiger partial charge in [0.15, 0.2) is 0 Å². The largest absolute Gasteiger partial charge is 0.238 e. The predicted octanol–water partition coefficient (Wildman–Crippen LogP) is 10.3. The lowest BCUT2D eigenvalue weighted by atomic mass is 10.1. The second-order valence-electron chi connectivity index (χ2n) is 8.65. The molecule has 5 aromatic rings. The van der Waals surface area contributed by atoms with E-state index in [4.69, 9.17) is 28.3 Å². The lowest BCUT2D eigenvalue weighted by Gasteiger charge is -2.09. The molecule has 0 N–H and O–H groups in total. The van der Waals surface area contributed by atoms with Gasteiger partial charge in [-0.25, -0.2) is 4.68 Å². The highest BCUT2D eigenvalue weighted by Crippen LogP contribution is 2.38. The maximum absolute atomic E-state index is 6.13. The molecule has 0 spiro atoms. The van der Waals surface area contributed by atoms with E-state index in [1.165, 1.54) is 11.1 Å². The van der Waals surface area contributed by atoms with Crippen LogP contribution in [0.1, 0.15) is 16.7 Å². The quantitative estimate of drug-likeness (QED) is 0.185. The molecule has 0 bridgehead atoms. The Morgan fingerprint density at radius 3 is 1.84 bits per heavy atom. The van der Waals surface area contributed by atoms with Crippen LogP contribution < -0.4 is 0 Å². The zero-order valence-electron chi connectivity index (χ0n) is 20.4. The lowest BCUT2D eigenvalue weighted by Crippen LogP contribution is -2.00. The van der Waals surface area contributed by atoms with Crippen LogP contribution in [0.25, 0.3) is 17.0 Å². The Balaban J connectivity index is 1.60. The summed E-state index contributed by atoms with van der Waals surface area (Å²) in [5.74, 6) is 0. The van der Waals surface area contributed by atoms with Crippen LogP contribution in [0, 0.1) is 13.8 Å². The molecule has 6 heteroatoms. The fourth-order valence-corrected chi connectivity index (χ4v) is 5.68. The third-order valence-corrected chi connectivity index (χ3v) is 8.18. The molecule has 0 aliphatic heterocycles. The first-order chi connectivity index (χ1) is 17.9. The van der Waals surface area contributed by atoms with Gasteiger partial charge in [0, 0.05) is 42.6 Å². The first kappa shape index (κ1) is 25.7. The van der Waals surface area contributed by atoms with Crippen molar-refractivity contribution in [3.05, 3.63) is 135 Å². The molecule has 0 atom stereocenters. The van der Waals surface area contributed by atoms with Gasteiger partial charge in [0.25, 0.3) is 0 Å². The minimum absolute atomic E-state index is 0.725. The van der Waals surface area contributed by atoms with Crippen molar-refractivity contribution >= 4 is 52.4 Å². The normalized spacial score (nSPS) is 11.6. The van der Waals surface area contributed by atoms with Crippen LogP contribution in [0.4, 0.5) is 0 Å². The molecule has 0 amide bonds. The van der Waals surface area contributed by atoms with Crippen molar-refractivity contribution in [2.45, 2.75) is 28.5 Å². The van der Waals surface area contributed by atoms with Crippen molar-refractivity contribution in [2.24, 2.45) is 0 Å². The number of benzene rings is 4. The Hall–Kier alpha value is -2.89. The fourth-order valence-electron chi connectivity index (χ4n) is 3.71. The van der Waals surface area contributed by atoms with E-state index in [0.29, 0.717) is 0 Å². The summed E-state index contributed by atoms with van der Waals surface area (Å²) in [6, 6.07) is 32.8. The summed E-state index contributed by atoms with van der Waals surface area (Å²) in [4.78, 5) is 3.28. The highest BCUT2D eigenvalue weighted by molar-refractivity contribution is 8.02. The van der Waals surface area contributed by atoms with Crippen LogP contribution in [-0.4, -0.2) is 9.78 Å². The molecular weight excluding hydrogens is 535 g/mol. The van der Waals surface area contributed by atoms with E-state index in [-0.39, 0.29) is 0 Å². The van der Waals surface area contributed by atoms with Crippen molar-refractivity contribution < 1.29 is 0 Å². The molecule has 1 aromatic heterocycles. The highest BCUT2D eigenvalue weighted by Gasteiger charge is 2.16. The molecule has 1 heterocycles. The van der Waals surface area contributed by atoms with E-state index in [2.05, 4.69) is 74.0 Å². The highest BCUT2D eigenvalue weighted by atomic mass is 35.5. The van der Waals surface area contributed by atoms with E-state index in [9.17, 15) is 0 Å². The van der Waals surface area contributed by atoms with E-state index in [1.807, 2.05) is 53.2 Å². The van der Waals surface area contributed by atoms with E-state index in [1.54, 1.807) is 23.5 Å². The summed E-state index contributed by atoms with van der Waals surface area (Å²) < 4.78 is 1.99. The van der Waals surface area contributed by atoms with Gasteiger partial charge in [0.1, 0.15) is 5.69 Å². The van der Waals surface area contributed by atoms with Gasteiger partial charge in [-0.3, -0.25) is 0 Å². The Morgan fingerprint density at radius 1 is 0.703 bits per heavy atom. The van der Waals surface area contributed by atoms with Crippen molar-refractivity contribution in [3.8, 4) is 11.3 Å². The number of aromatic nitrogens is 2. The summed E-state index contributed by atoms with van der Waals surface area (Å²) in [5, 5.41) is 8.72. The molecule has 0 saturated heterocycles. The molecule has 0 unspecified atom stereocenters. The Kier molecular flexibility index (Phi) is 8.11. The van der Waals surface area contributed by atoms with Gasteiger partial charge in [0.2, 0.25) is 0 Å². The van der Waals surface area contributed by atoms with Gasteiger partial charge >= 0.3 is 0 Å². The average Bonchev–Trinajstić information content (AvgIpc) is 3.31. The molecule has 0 saturated carbocycles. The van der Waals surface area contributed by atoms with Crippen molar-refractivity contribution in [3.63, 3.8) is 0 Å². The molecule has 37 heavy (non-hydrogen) atoms. The lowest BCUT2D eigenvalue weighted by molar-refractivity contribution is 0.908. The fraction of sp³-hybridized carbons (Fsp3) is 0.0645. The van der Waals surface area contributed by atoms with E-state index in [0.717, 1.165) is 47.2 Å². The van der Waals surface area contributed by atoms with Gasteiger partial charge in [-0.15, -0.1) is 0 Å². The van der Waals surface area contributed by atoms with Crippen molar-refractivity contribution in [1.82, 2.24) is 9.78 Å². The first-order valence-corrected chi connectivity index (χ1v) is 14.2. The van der Waals surface area contributed by atoms with Crippen LogP contribution in [0.3, 0.4) is 0 Å². The summed E-state index contributed by atoms with van der Waals surface area (Å²) >= 11 is 15.6. The average molecular weight is 560 g/mol. The minimum atomic E-state index is 0.725. The molecule has 0 aliphatic rings. The van der Waals surface area contributed by atoms with Crippen LogP contribution in [0.2, 0.25) is 10.0 Å². The number of nitrogens with zero attached hydrogens (tertiary/aromatic N) is 2. The second kappa shape index (κ2) is 11.7. The number of thioether (sulfide) groups is 1. The van der Waals surface area contributed by atoms with Gasteiger partial charge in [-0.2, -0.15) is 5.10 Å². The van der Waals surface area contributed by atoms with Crippen molar-refractivity contribution in [1.29, 1.82) is 0 Å². The molecule has 0 fully saturated rings. The topological polar surface area (TPSA) is 17.8 Å². The monoisotopic (exact) mass is 558 g/mol. The minimum Gasteiger partial charge on any atom is -0.238 e. The first-order valence-electron chi connectivity index (χ1n) is 11.7. The number of hydrogen-bond donors (Lipinski definition) is 0. The molecule has 4 aromatic carbocycles. The third kappa shape index (κ3) is 6.52.